The van der Waals surface area contributed by atoms with Gasteiger partial charge in [-0.05, 0) is 48.9 Å². The number of rotatable bonds is 7. The summed E-state index contributed by atoms with van der Waals surface area (Å²) in [6, 6.07) is 10.5. The van der Waals surface area contributed by atoms with Crippen LogP contribution in [0.3, 0.4) is 0 Å². The zero-order chi connectivity index (χ0) is 15.2. The molecule has 2 aromatic heterocycles. The van der Waals surface area contributed by atoms with E-state index >= 15 is 0 Å². The minimum absolute atomic E-state index is 0.712. The smallest absolute Gasteiger partial charge is 0.119 e. The van der Waals surface area contributed by atoms with E-state index in [-0.39, 0.29) is 0 Å². The van der Waals surface area contributed by atoms with E-state index in [0.717, 1.165) is 30.8 Å². The predicted octanol–water partition coefficient (Wildman–Crippen LogP) is 4.64. The molecule has 114 valence electrons. The van der Waals surface area contributed by atoms with Crippen molar-refractivity contribution in [1.82, 2.24) is 9.55 Å². The second-order valence-corrected chi connectivity index (χ2v) is 5.97. The third kappa shape index (κ3) is 3.77. The molecule has 0 aliphatic rings. The number of imidazole rings is 1. The monoisotopic (exact) mass is 312 g/mol. The summed E-state index contributed by atoms with van der Waals surface area (Å²) in [5, 5.41) is 4.21. The molecule has 0 aliphatic carbocycles. The Labute approximate surface area is 135 Å². The van der Waals surface area contributed by atoms with Crippen molar-refractivity contribution in [3.05, 3.63) is 59.2 Å². The molecule has 1 aromatic carbocycles. The van der Waals surface area contributed by atoms with E-state index in [4.69, 9.17) is 4.74 Å². The zero-order valence-electron chi connectivity index (χ0n) is 12.7. The van der Waals surface area contributed by atoms with Crippen LogP contribution in [0.1, 0.15) is 18.9 Å². The van der Waals surface area contributed by atoms with E-state index in [0.29, 0.717) is 6.61 Å². The first-order chi connectivity index (χ1) is 10.8. The van der Waals surface area contributed by atoms with Gasteiger partial charge in [0.15, 0.2) is 0 Å². The van der Waals surface area contributed by atoms with Crippen molar-refractivity contribution in [3.8, 4) is 17.0 Å². The molecule has 0 saturated heterocycles. The van der Waals surface area contributed by atoms with Crippen LogP contribution in [0.5, 0.6) is 5.75 Å². The van der Waals surface area contributed by atoms with Gasteiger partial charge in [0.2, 0.25) is 0 Å². The van der Waals surface area contributed by atoms with E-state index in [1.807, 2.05) is 19.3 Å². The Morgan fingerprint density at radius 1 is 1.27 bits per heavy atom. The van der Waals surface area contributed by atoms with Gasteiger partial charge in [0.1, 0.15) is 5.75 Å². The first-order valence-corrected chi connectivity index (χ1v) is 8.55. The van der Waals surface area contributed by atoms with Gasteiger partial charge in [-0.15, -0.1) is 0 Å². The van der Waals surface area contributed by atoms with Gasteiger partial charge in [-0.3, -0.25) is 0 Å². The fourth-order valence-corrected chi connectivity index (χ4v) is 3.11. The van der Waals surface area contributed by atoms with Crippen LogP contribution in [0.4, 0.5) is 0 Å². The normalized spacial score (nSPS) is 10.8. The third-order valence-corrected chi connectivity index (χ3v) is 4.22. The number of aryl methyl sites for hydroxylation is 2. The van der Waals surface area contributed by atoms with E-state index < -0.39 is 0 Å². The SMILES string of the molecule is CCOc1cccc(CCCn2cnc(-c3ccsc3)c2)c1. The number of nitrogens with zero attached hydrogens (tertiary/aromatic N) is 2. The van der Waals surface area contributed by atoms with E-state index in [2.05, 4.69) is 50.8 Å². The van der Waals surface area contributed by atoms with Gasteiger partial charge in [0.25, 0.3) is 0 Å². The van der Waals surface area contributed by atoms with Crippen LogP contribution in [-0.2, 0) is 13.0 Å². The van der Waals surface area contributed by atoms with Crippen molar-refractivity contribution in [2.45, 2.75) is 26.3 Å². The van der Waals surface area contributed by atoms with E-state index in [1.165, 1.54) is 11.1 Å². The summed E-state index contributed by atoms with van der Waals surface area (Å²) in [4.78, 5) is 4.47. The highest BCUT2D eigenvalue weighted by molar-refractivity contribution is 7.08. The Balaban J connectivity index is 1.54. The Bertz CT molecular complexity index is 703. The molecule has 0 N–H and O–H groups in total. The molecule has 0 amide bonds. The second kappa shape index (κ2) is 7.27. The number of aromatic nitrogens is 2. The lowest BCUT2D eigenvalue weighted by Gasteiger charge is -2.06. The molecule has 3 aromatic rings. The van der Waals surface area contributed by atoms with Gasteiger partial charge in [-0.1, -0.05) is 12.1 Å². The van der Waals surface area contributed by atoms with Crippen LogP contribution in [0.15, 0.2) is 53.6 Å². The lowest BCUT2D eigenvalue weighted by atomic mass is 10.1. The molecule has 0 aliphatic heterocycles. The fraction of sp³-hybridized carbons (Fsp3) is 0.278. The molecule has 3 nitrogen and oxygen atoms in total. The second-order valence-electron chi connectivity index (χ2n) is 5.19. The number of benzene rings is 1. The average molecular weight is 312 g/mol. The Hall–Kier alpha value is -2.07. The van der Waals surface area contributed by atoms with Gasteiger partial charge in [-0.2, -0.15) is 11.3 Å². The molecular weight excluding hydrogens is 292 g/mol. The summed E-state index contributed by atoms with van der Waals surface area (Å²) in [7, 11) is 0. The van der Waals surface area contributed by atoms with Crippen molar-refractivity contribution in [1.29, 1.82) is 0 Å². The van der Waals surface area contributed by atoms with Gasteiger partial charge in [-0.25, -0.2) is 4.98 Å². The summed E-state index contributed by atoms with van der Waals surface area (Å²) < 4.78 is 7.71. The third-order valence-electron chi connectivity index (χ3n) is 3.54. The molecule has 0 unspecified atom stereocenters. The van der Waals surface area contributed by atoms with E-state index in [1.54, 1.807) is 11.3 Å². The van der Waals surface area contributed by atoms with Crippen LogP contribution in [0.2, 0.25) is 0 Å². The molecule has 0 saturated carbocycles. The zero-order valence-corrected chi connectivity index (χ0v) is 13.6. The van der Waals surface area contributed by atoms with Crippen molar-refractivity contribution in [2.75, 3.05) is 6.61 Å². The van der Waals surface area contributed by atoms with Crippen molar-refractivity contribution < 1.29 is 4.74 Å². The first kappa shape index (κ1) is 14.9. The van der Waals surface area contributed by atoms with Crippen LogP contribution in [0, 0.1) is 0 Å². The maximum Gasteiger partial charge on any atom is 0.119 e. The van der Waals surface area contributed by atoms with Crippen LogP contribution < -0.4 is 4.74 Å². The maximum atomic E-state index is 5.54. The number of hydrogen-bond acceptors (Lipinski definition) is 3. The Kier molecular flexibility index (Phi) is 4.91. The van der Waals surface area contributed by atoms with Gasteiger partial charge in [0, 0.05) is 23.7 Å². The highest BCUT2D eigenvalue weighted by Gasteiger charge is 2.03. The Morgan fingerprint density at radius 3 is 3.05 bits per heavy atom. The van der Waals surface area contributed by atoms with Gasteiger partial charge >= 0.3 is 0 Å². The summed E-state index contributed by atoms with van der Waals surface area (Å²) in [5.41, 5.74) is 3.58. The molecule has 0 bridgehead atoms. The van der Waals surface area contributed by atoms with Crippen molar-refractivity contribution in [2.24, 2.45) is 0 Å². The molecular formula is C18H20N2OS. The molecule has 22 heavy (non-hydrogen) atoms. The van der Waals surface area contributed by atoms with Crippen molar-refractivity contribution >= 4 is 11.3 Å². The lowest BCUT2D eigenvalue weighted by molar-refractivity contribution is 0.340. The van der Waals surface area contributed by atoms with Crippen molar-refractivity contribution in [3.63, 3.8) is 0 Å². The van der Waals surface area contributed by atoms with Gasteiger partial charge in [0.05, 0.1) is 18.6 Å². The molecule has 0 fully saturated rings. The van der Waals surface area contributed by atoms with Crippen LogP contribution in [0.25, 0.3) is 11.3 Å². The number of hydrogen-bond donors (Lipinski definition) is 0. The molecule has 3 rings (SSSR count). The Morgan fingerprint density at radius 2 is 2.23 bits per heavy atom. The van der Waals surface area contributed by atoms with E-state index in [9.17, 15) is 0 Å². The summed E-state index contributed by atoms with van der Waals surface area (Å²) in [6.45, 7) is 3.70. The largest absolute Gasteiger partial charge is 0.494 e. The molecule has 4 heteroatoms. The molecule has 2 heterocycles. The molecule has 0 atom stereocenters. The van der Waals surface area contributed by atoms with Crippen LogP contribution in [-0.4, -0.2) is 16.2 Å². The highest BCUT2D eigenvalue weighted by Crippen LogP contribution is 2.20. The predicted molar refractivity (Wildman–Crippen MR) is 91.5 cm³/mol. The number of thiophene rings is 1. The first-order valence-electron chi connectivity index (χ1n) is 7.61. The molecule has 0 spiro atoms. The van der Waals surface area contributed by atoms with Gasteiger partial charge < -0.3 is 9.30 Å². The highest BCUT2D eigenvalue weighted by atomic mass is 32.1. The topological polar surface area (TPSA) is 27.1 Å². The maximum absolute atomic E-state index is 5.54. The fourth-order valence-electron chi connectivity index (χ4n) is 2.46. The lowest BCUT2D eigenvalue weighted by Crippen LogP contribution is -1.97. The standard InChI is InChI=1S/C18H20N2OS/c1-2-21-17-7-3-5-15(11-17)6-4-9-20-12-18(19-14-20)16-8-10-22-13-16/h3,5,7-8,10-14H,2,4,6,9H2,1H3. The average Bonchev–Trinajstić information content (AvgIpc) is 3.19. The minimum atomic E-state index is 0.712. The summed E-state index contributed by atoms with van der Waals surface area (Å²) >= 11 is 1.70. The summed E-state index contributed by atoms with van der Waals surface area (Å²) in [5.74, 6) is 0.961. The minimum Gasteiger partial charge on any atom is -0.494 e. The summed E-state index contributed by atoms with van der Waals surface area (Å²) in [6.07, 6.45) is 6.18. The quantitative estimate of drug-likeness (QED) is 0.635. The van der Waals surface area contributed by atoms with Crippen LogP contribution >= 0.6 is 11.3 Å². The molecule has 0 radical (unpaired) electrons. The number of ether oxygens (including phenoxy) is 1.